The first kappa shape index (κ1) is 36.9. The second-order valence-electron chi connectivity index (χ2n) is 16.0. The van der Waals surface area contributed by atoms with E-state index in [-0.39, 0.29) is 42.3 Å². The molecule has 3 aliphatic carbocycles. The van der Waals surface area contributed by atoms with E-state index in [1.54, 1.807) is 17.0 Å². The Labute approximate surface area is 268 Å². The maximum Gasteiger partial charge on any atom is 3.00 e. The maximum absolute atomic E-state index is 2.65. The minimum Gasteiger partial charge on any atom is -0.327 e. The van der Waals surface area contributed by atoms with Crippen molar-refractivity contribution >= 4 is 24.2 Å². The molecule has 0 aromatic heterocycles. The van der Waals surface area contributed by atoms with Crippen LogP contribution < -0.4 is 0 Å². The summed E-state index contributed by atoms with van der Waals surface area (Å²) >= 11 is 0. The zero-order chi connectivity index (χ0) is 27.7. The van der Waals surface area contributed by atoms with Crippen molar-refractivity contribution in [2.75, 3.05) is 0 Å². The van der Waals surface area contributed by atoms with E-state index in [0.29, 0.717) is 0 Å². The molecule has 3 saturated carbocycles. The Morgan fingerprint density at radius 3 is 1.73 bits per heavy atom. The number of hydrogen-bond acceptors (Lipinski definition) is 0. The van der Waals surface area contributed by atoms with Crippen molar-refractivity contribution in [1.29, 1.82) is 0 Å². The van der Waals surface area contributed by atoms with Crippen LogP contribution in [0.4, 0.5) is 0 Å². The van der Waals surface area contributed by atoms with Crippen molar-refractivity contribution in [2.24, 2.45) is 29.1 Å². The van der Waals surface area contributed by atoms with E-state index >= 15 is 0 Å². The van der Waals surface area contributed by atoms with Crippen molar-refractivity contribution in [3.63, 3.8) is 0 Å². The molecular weight excluding hydrogens is 656 g/mol. The van der Waals surface area contributed by atoms with Gasteiger partial charge < -0.3 is 5.67 Å². The fourth-order valence-electron chi connectivity index (χ4n) is 6.43. The van der Waals surface area contributed by atoms with Crippen molar-refractivity contribution in [2.45, 2.75) is 113 Å². The molecule has 3 fully saturated rings. The van der Waals surface area contributed by atoms with Crippen LogP contribution in [0.1, 0.15) is 60.8 Å². The smallest absolute Gasteiger partial charge is 0.327 e. The van der Waals surface area contributed by atoms with Crippen LogP contribution in [0.2, 0.25) is 52.4 Å². The summed E-state index contributed by atoms with van der Waals surface area (Å²) in [5, 5.41) is 0. The Kier molecular flexibility index (Phi) is 14.3. The first-order valence-electron chi connectivity index (χ1n) is 14.6. The summed E-state index contributed by atoms with van der Waals surface area (Å²) < 4.78 is 0. The van der Waals surface area contributed by atoms with E-state index in [4.69, 9.17) is 0 Å². The van der Waals surface area contributed by atoms with Gasteiger partial charge in [0.25, 0.3) is 0 Å². The molecule has 37 heavy (non-hydrogen) atoms. The number of hydrogen-bond donors (Lipinski definition) is 0. The van der Waals surface area contributed by atoms with Crippen LogP contribution in [-0.4, -0.2) is 24.2 Å². The average molecular weight is 715 g/mol. The molecule has 0 unspecified atom stereocenters. The predicted octanol–water partition coefficient (Wildman–Crippen LogP) is 10.0. The Balaban J connectivity index is 0.000000589. The molecule has 216 valence electrons. The van der Waals surface area contributed by atoms with Gasteiger partial charge in [-0.15, -0.1) is 16.1 Å². The first-order chi connectivity index (χ1) is 16.2. The molecule has 0 N–H and O–H groups in total. The van der Waals surface area contributed by atoms with Gasteiger partial charge in [-0.2, -0.15) is 0 Å². The third-order valence-corrected chi connectivity index (χ3v) is 18.6. The summed E-state index contributed by atoms with van der Waals surface area (Å²) in [5.74, 6) is 6.38. The van der Waals surface area contributed by atoms with Crippen LogP contribution in [-0.2, 0) is 0 Å². The second-order valence-corrected chi connectivity index (χ2v) is 31.0. The summed E-state index contributed by atoms with van der Waals surface area (Å²) in [6, 6.07) is 0. The Morgan fingerprint density at radius 2 is 1.30 bits per heavy atom. The average Bonchev–Trinajstić information content (AvgIpc) is 3.35. The quantitative estimate of drug-likeness (QED) is 0.190. The molecule has 0 spiro atoms. The van der Waals surface area contributed by atoms with Crippen molar-refractivity contribution in [1.82, 2.24) is 0 Å². The van der Waals surface area contributed by atoms with E-state index in [1.807, 2.05) is 0 Å². The summed E-state index contributed by atoms with van der Waals surface area (Å²) in [6.45, 7) is 33.7. The molecule has 0 amide bonds. The van der Waals surface area contributed by atoms with Gasteiger partial charge in [-0.3, -0.25) is 0 Å². The molecule has 0 bridgehead atoms. The molecule has 0 aromatic carbocycles. The molecule has 3 rings (SSSR count). The predicted molar refractivity (Wildman–Crippen MR) is 172 cm³/mol. The van der Waals surface area contributed by atoms with Gasteiger partial charge in [-0.1, -0.05) is 100 Å². The molecule has 0 aromatic rings. The van der Waals surface area contributed by atoms with Crippen LogP contribution >= 0.6 is 0 Å². The normalized spacial score (nSPS) is 27.8. The largest absolute Gasteiger partial charge is 3.00 e. The van der Waals surface area contributed by atoms with E-state index in [0.717, 1.165) is 23.7 Å². The molecule has 3 aliphatic rings. The van der Waals surface area contributed by atoms with Gasteiger partial charge in [0, 0.05) is 0 Å². The molecule has 0 saturated heterocycles. The molecule has 10 radical (unpaired) electrons. The fourth-order valence-corrected chi connectivity index (χ4v) is 19.2. The van der Waals surface area contributed by atoms with Crippen molar-refractivity contribution < 1.29 is 36.9 Å². The van der Waals surface area contributed by atoms with Gasteiger partial charge in [-0.25, -0.2) is 0 Å². The topological polar surface area (TPSA) is 0 Å². The van der Waals surface area contributed by atoms with Crippen molar-refractivity contribution in [3.05, 3.63) is 67.1 Å². The zero-order valence-corrected chi connectivity index (χ0v) is 31.4. The van der Waals surface area contributed by atoms with Crippen LogP contribution in [0.3, 0.4) is 0 Å². The minimum atomic E-state index is -1.62. The van der Waals surface area contributed by atoms with E-state index in [2.05, 4.69) is 138 Å². The molecule has 3 atom stereocenters. The summed E-state index contributed by atoms with van der Waals surface area (Å²) in [5.41, 5.74) is 6.09. The van der Waals surface area contributed by atoms with Gasteiger partial charge >= 0.3 is 36.9 Å². The summed E-state index contributed by atoms with van der Waals surface area (Å²) in [6.07, 6.45) is 19.0. The molecule has 0 aliphatic heterocycles. The maximum atomic E-state index is 2.65. The van der Waals surface area contributed by atoms with Crippen LogP contribution in [0, 0.1) is 133 Å². The zero-order valence-electron chi connectivity index (χ0n) is 26.7. The Morgan fingerprint density at radius 1 is 0.784 bits per heavy atom. The molecule has 4 heteroatoms. The van der Waals surface area contributed by atoms with Crippen LogP contribution in [0.15, 0.2) is 0 Å². The van der Waals surface area contributed by atoms with Gasteiger partial charge in [0.05, 0.1) is 8.07 Å². The van der Waals surface area contributed by atoms with Crippen molar-refractivity contribution in [3.8, 4) is 0 Å². The fraction of sp³-hybridized carbons (Fsp3) is 0.667. The second kappa shape index (κ2) is 14.4. The Bertz CT molecular complexity index is 655. The monoisotopic (exact) mass is 714 g/mol. The molecule has 0 heterocycles. The standard InChI is InChI=1S/C26H40Si.C7H19Si2.Lu/c1-18(2)24-14-9-19(3)15-25(24)20-10-12-22(16-20)27(7,8)23-13-11-21(17-23)26(4,5)6;1-8(2,3)7-9(4,5)6;/h10-13,16-19,24-25H,9,14-15H2,1-8H3;7H,1-6H3;/q;-1;+3/t19-,24+,25-;;/m1../s1. The molecule has 0 nitrogen and oxygen atoms in total. The third-order valence-electron chi connectivity index (χ3n) is 8.16. The van der Waals surface area contributed by atoms with E-state index in [1.165, 1.54) is 25.2 Å². The van der Waals surface area contributed by atoms with Crippen LogP contribution in [0.5, 0.6) is 0 Å². The van der Waals surface area contributed by atoms with E-state index < -0.39 is 24.2 Å². The number of rotatable bonds is 6. The van der Waals surface area contributed by atoms with Gasteiger partial charge in [0.1, 0.15) is 0 Å². The van der Waals surface area contributed by atoms with Crippen LogP contribution in [0.25, 0.3) is 0 Å². The van der Waals surface area contributed by atoms with Gasteiger partial charge in [-0.05, 0) is 103 Å². The third kappa shape index (κ3) is 11.6. The van der Waals surface area contributed by atoms with Gasteiger partial charge in [0.15, 0.2) is 0 Å². The minimum absolute atomic E-state index is 0. The van der Waals surface area contributed by atoms with E-state index in [9.17, 15) is 0 Å². The molecular formula is C33H59LuSi3+2. The SMILES string of the molecule is CC(C)[C@@H]1CC[C@@H](C)C[C@@H]1[C]1[CH][CH][C]([Si](C)(C)[C]2[CH][CH][C](C(C)(C)C)[CH]2)[CH]1.C[Si](C)(C)[CH-][Si](C)(C)C.[Lu+3]. The van der Waals surface area contributed by atoms with Gasteiger partial charge in [0.2, 0.25) is 0 Å². The summed E-state index contributed by atoms with van der Waals surface area (Å²) in [7, 11) is -3.33. The Hall–Kier alpha value is 1.88. The summed E-state index contributed by atoms with van der Waals surface area (Å²) in [4.78, 5) is 0. The first-order valence-corrected chi connectivity index (χ1v) is 24.8.